The zero-order valence-electron chi connectivity index (χ0n) is 16.2. The molecule has 0 bridgehead atoms. The number of rotatable bonds is 5. The molecule has 0 unspecified atom stereocenters. The predicted octanol–water partition coefficient (Wildman–Crippen LogP) is 3.54. The van der Waals surface area contributed by atoms with Crippen molar-refractivity contribution in [2.45, 2.75) is 33.6 Å². The van der Waals surface area contributed by atoms with Crippen molar-refractivity contribution in [1.82, 2.24) is 10.3 Å². The number of aryl methyl sites for hydroxylation is 1. The first-order valence-corrected chi connectivity index (χ1v) is 9.46. The van der Waals surface area contributed by atoms with Gasteiger partial charge in [0.2, 0.25) is 5.91 Å². The van der Waals surface area contributed by atoms with E-state index in [-0.39, 0.29) is 11.8 Å². The van der Waals surface area contributed by atoms with Crippen LogP contribution in [-0.4, -0.2) is 37.6 Å². The molecule has 0 saturated carbocycles. The number of aromatic nitrogens is 1. The number of pyridine rings is 1. The average molecular weight is 355 g/mol. The summed E-state index contributed by atoms with van der Waals surface area (Å²) >= 11 is 0. The molecule has 5 heteroatoms. The van der Waals surface area contributed by atoms with Gasteiger partial charge in [0, 0.05) is 37.1 Å². The lowest BCUT2D eigenvalue weighted by Crippen LogP contribution is -2.42. The van der Waals surface area contributed by atoms with Gasteiger partial charge in [0.1, 0.15) is 11.3 Å². The van der Waals surface area contributed by atoms with E-state index in [9.17, 15) is 4.79 Å². The van der Waals surface area contributed by atoms with E-state index >= 15 is 0 Å². The molecular formula is C21H29N3O2. The minimum atomic E-state index is 0.0357. The Morgan fingerprint density at radius 3 is 2.96 bits per heavy atom. The summed E-state index contributed by atoms with van der Waals surface area (Å²) in [6, 6.07) is 6.10. The Bertz CT molecular complexity index is 788. The number of hydrogen-bond acceptors (Lipinski definition) is 4. The minimum Gasteiger partial charge on any atom is -0.494 e. The van der Waals surface area contributed by atoms with E-state index < -0.39 is 0 Å². The van der Waals surface area contributed by atoms with Gasteiger partial charge in [-0.25, -0.2) is 0 Å². The summed E-state index contributed by atoms with van der Waals surface area (Å²) in [5, 5.41) is 4.23. The number of nitrogens with one attached hydrogen (secondary N) is 1. The van der Waals surface area contributed by atoms with E-state index in [1.165, 1.54) is 11.3 Å². The van der Waals surface area contributed by atoms with E-state index in [1.807, 2.05) is 32.2 Å². The largest absolute Gasteiger partial charge is 0.494 e. The third-order valence-corrected chi connectivity index (χ3v) is 5.16. The molecule has 1 aliphatic rings. The normalized spacial score (nSPS) is 17.6. The Kier molecular flexibility index (Phi) is 5.64. The highest BCUT2D eigenvalue weighted by Gasteiger charge is 2.24. The fourth-order valence-corrected chi connectivity index (χ4v) is 3.75. The number of amides is 1. The average Bonchev–Trinajstić information content (AvgIpc) is 2.65. The van der Waals surface area contributed by atoms with Crippen molar-refractivity contribution in [2.75, 3.05) is 31.6 Å². The molecule has 2 heterocycles. The lowest BCUT2D eigenvalue weighted by atomic mass is 9.96. The second-order valence-corrected chi connectivity index (χ2v) is 7.50. The maximum absolute atomic E-state index is 11.9. The quantitative estimate of drug-likeness (QED) is 0.891. The molecule has 1 aromatic heterocycles. The number of benzene rings is 1. The van der Waals surface area contributed by atoms with Crippen molar-refractivity contribution in [3.8, 4) is 5.75 Å². The third kappa shape index (κ3) is 3.76. The molecule has 5 nitrogen and oxygen atoms in total. The summed E-state index contributed by atoms with van der Waals surface area (Å²) < 4.78 is 5.49. The molecule has 2 aromatic rings. The first-order chi connectivity index (χ1) is 12.5. The fourth-order valence-electron chi connectivity index (χ4n) is 3.75. The number of methoxy groups -OCH3 is 1. The molecule has 1 saturated heterocycles. The molecule has 140 valence electrons. The minimum absolute atomic E-state index is 0.0357. The van der Waals surface area contributed by atoms with Crippen molar-refractivity contribution in [1.29, 1.82) is 0 Å². The number of ether oxygens (including phenoxy) is 1. The number of para-hydroxylation sites is 1. The summed E-state index contributed by atoms with van der Waals surface area (Å²) in [5.41, 5.74) is 3.33. The highest BCUT2D eigenvalue weighted by molar-refractivity contribution is 5.96. The van der Waals surface area contributed by atoms with Crippen LogP contribution in [0.15, 0.2) is 24.4 Å². The van der Waals surface area contributed by atoms with E-state index in [0.717, 1.165) is 49.1 Å². The lowest BCUT2D eigenvalue weighted by Gasteiger charge is -2.36. The second-order valence-electron chi connectivity index (χ2n) is 7.50. The van der Waals surface area contributed by atoms with Crippen LogP contribution in [0.1, 0.15) is 32.3 Å². The molecule has 1 atom stereocenters. The van der Waals surface area contributed by atoms with Gasteiger partial charge in [-0.3, -0.25) is 9.78 Å². The summed E-state index contributed by atoms with van der Waals surface area (Å²) in [5.74, 6) is 1.45. The van der Waals surface area contributed by atoms with Crippen molar-refractivity contribution in [3.63, 3.8) is 0 Å². The zero-order chi connectivity index (χ0) is 18.7. The van der Waals surface area contributed by atoms with Crippen molar-refractivity contribution in [2.24, 2.45) is 11.8 Å². The summed E-state index contributed by atoms with van der Waals surface area (Å²) in [6.07, 6.45) is 4.22. The number of anilines is 1. The molecule has 1 aliphatic heterocycles. The van der Waals surface area contributed by atoms with Crippen LogP contribution in [0.2, 0.25) is 0 Å². The van der Waals surface area contributed by atoms with Crippen LogP contribution in [0.4, 0.5) is 5.69 Å². The first kappa shape index (κ1) is 18.5. The van der Waals surface area contributed by atoms with Gasteiger partial charge in [-0.1, -0.05) is 26.0 Å². The van der Waals surface area contributed by atoms with E-state index in [4.69, 9.17) is 4.74 Å². The maximum atomic E-state index is 11.9. The molecule has 3 rings (SSSR count). The zero-order valence-corrected chi connectivity index (χ0v) is 16.2. The highest BCUT2D eigenvalue weighted by atomic mass is 16.5. The topological polar surface area (TPSA) is 54.5 Å². The number of nitrogens with zero attached hydrogens (tertiary/aromatic N) is 2. The molecule has 1 amide bonds. The third-order valence-electron chi connectivity index (χ3n) is 5.16. The van der Waals surface area contributed by atoms with Crippen LogP contribution >= 0.6 is 0 Å². The van der Waals surface area contributed by atoms with Crippen LogP contribution in [0.25, 0.3) is 10.9 Å². The fraction of sp³-hybridized carbons (Fsp3) is 0.524. The second kappa shape index (κ2) is 7.94. The highest BCUT2D eigenvalue weighted by Crippen LogP contribution is 2.35. The van der Waals surface area contributed by atoms with Gasteiger partial charge in [0.25, 0.3) is 0 Å². The Labute approximate surface area is 155 Å². The van der Waals surface area contributed by atoms with Gasteiger partial charge in [0.05, 0.1) is 12.8 Å². The Hall–Kier alpha value is -2.30. The number of piperidine rings is 1. The molecule has 0 spiro atoms. The van der Waals surface area contributed by atoms with Crippen molar-refractivity contribution < 1.29 is 9.53 Å². The summed E-state index contributed by atoms with van der Waals surface area (Å²) in [6.45, 7) is 8.72. The predicted molar refractivity (Wildman–Crippen MR) is 106 cm³/mol. The number of carbonyl (C=O) groups is 1. The monoisotopic (exact) mass is 355 g/mol. The smallest absolute Gasteiger partial charge is 0.222 e. The van der Waals surface area contributed by atoms with E-state index in [2.05, 4.69) is 28.2 Å². The number of fused-ring (bicyclic) bond motifs is 1. The Morgan fingerprint density at radius 2 is 2.23 bits per heavy atom. The van der Waals surface area contributed by atoms with Crippen LogP contribution in [0.3, 0.4) is 0 Å². The molecule has 1 aromatic carbocycles. The standard InChI is InChI=1S/C21H29N3O2/c1-14(2)21(25)23-12-16-7-6-10-24(13-16)20-15(3)11-22-19-17(20)8-5-9-18(19)26-4/h5,8-9,11,14,16H,6-7,10,12-13H2,1-4H3,(H,23,25)/t16-/m0/s1. The molecule has 0 radical (unpaired) electrons. The molecule has 0 aliphatic carbocycles. The van der Waals surface area contributed by atoms with Crippen LogP contribution in [0, 0.1) is 18.8 Å². The van der Waals surface area contributed by atoms with Gasteiger partial charge < -0.3 is 15.0 Å². The van der Waals surface area contributed by atoms with Gasteiger partial charge >= 0.3 is 0 Å². The molecule has 26 heavy (non-hydrogen) atoms. The van der Waals surface area contributed by atoms with Crippen molar-refractivity contribution >= 4 is 22.5 Å². The van der Waals surface area contributed by atoms with E-state index in [0.29, 0.717) is 5.92 Å². The maximum Gasteiger partial charge on any atom is 0.222 e. The van der Waals surface area contributed by atoms with Crippen LogP contribution in [-0.2, 0) is 4.79 Å². The SMILES string of the molecule is COc1cccc2c(N3CCC[C@@H](CNC(=O)C(C)C)C3)c(C)cnc12. The van der Waals surface area contributed by atoms with Gasteiger partial charge in [-0.15, -0.1) is 0 Å². The summed E-state index contributed by atoms with van der Waals surface area (Å²) in [7, 11) is 1.68. The molecule has 1 N–H and O–H groups in total. The Morgan fingerprint density at radius 1 is 1.42 bits per heavy atom. The molecule has 1 fully saturated rings. The van der Waals surface area contributed by atoms with Crippen LogP contribution < -0.4 is 15.0 Å². The van der Waals surface area contributed by atoms with Crippen molar-refractivity contribution in [3.05, 3.63) is 30.0 Å². The summed E-state index contributed by atoms with van der Waals surface area (Å²) in [4.78, 5) is 18.9. The van der Waals surface area contributed by atoms with Gasteiger partial charge in [-0.05, 0) is 37.3 Å². The van der Waals surface area contributed by atoms with Crippen LogP contribution in [0.5, 0.6) is 5.75 Å². The van der Waals surface area contributed by atoms with Gasteiger partial charge in [0.15, 0.2) is 0 Å². The first-order valence-electron chi connectivity index (χ1n) is 9.46. The lowest BCUT2D eigenvalue weighted by molar-refractivity contribution is -0.124. The Balaban J connectivity index is 1.84. The number of carbonyl (C=O) groups excluding carboxylic acids is 1. The van der Waals surface area contributed by atoms with Gasteiger partial charge in [-0.2, -0.15) is 0 Å². The molecular weight excluding hydrogens is 326 g/mol. The number of hydrogen-bond donors (Lipinski definition) is 1. The van der Waals surface area contributed by atoms with E-state index in [1.54, 1.807) is 7.11 Å².